The molecule has 6 nitrogen and oxygen atoms in total. The molecule has 1 aliphatic rings. The fourth-order valence-electron chi connectivity index (χ4n) is 2.78. The van der Waals surface area contributed by atoms with E-state index in [1.165, 1.54) is 24.1 Å². The molecule has 142 valence electrons. The average Bonchev–Trinajstić information content (AvgIpc) is 2.65. The minimum absolute atomic E-state index is 0.0721. The lowest BCUT2D eigenvalue weighted by Gasteiger charge is -2.34. The number of methoxy groups -OCH3 is 1. The Bertz CT molecular complexity index is 844. The van der Waals surface area contributed by atoms with Crippen molar-refractivity contribution in [2.24, 2.45) is 0 Å². The van der Waals surface area contributed by atoms with Gasteiger partial charge in [-0.3, -0.25) is 9.59 Å². The molecule has 0 aromatic heterocycles. The maximum absolute atomic E-state index is 13.1. The van der Waals surface area contributed by atoms with Crippen LogP contribution >= 0.6 is 11.6 Å². The van der Waals surface area contributed by atoms with Crippen molar-refractivity contribution < 1.29 is 23.5 Å². The first-order valence-electron chi connectivity index (χ1n) is 8.24. The molecule has 3 rings (SSSR count). The molecule has 0 aliphatic carbocycles. The number of amides is 2. The molecule has 2 aromatic rings. The number of nitrogens with zero attached hydrogens (tertiary/aromatic N) is 1. The summed E-state index contributed by atoms with van der Waals surface area (Å²) in [7, 11) is 1.50. The van der Waals surface area contributed by atoms with Crippen molar-refractivity contribution in [3.63, 3.8) is 0 Å². The van der Waals surface area contributed by atoms with Crippen LogP contribution in [-0.2, 0) is 20.9 Å². The minimum Gasteiger partial charge on any atom is -0.495 e. The molecule has 2 amide bonds. The number of rotatable bonds is 5. The summed E-state index contributed by atoms with van der Waals surface area (Å²) in [5.41, 5.74) is 1.20. The maximum Gasteiger partial charge on any atom is 0.249 e. The first-order chi connectivity index (χ1) is 13.0. The van der Waals surface area contributed by atoms with Gasteiger partial charge in [0.1, 0.15) is 24.2 Å². The summed E-state index contributed by atoms with van der Waals surface area (Å²) in [5.74, 6) is -0.577. The second-order valence-electron chi connectivity index (χ2n) is 6.02. The van der Waals surface area contributed by atoms with E-state index < -0.39 is 11.9 Å². The van der Waals surface area contributed by atoms with Crippen molar-refractivity contribution in [1.82, 2.24) is 4.90 Å². The third-order valence-corrected chi connectivity index (χ3v) is 4.48. The zero-order valence-electron chi connectivity index (χ0n) is 14.6. The standard InChI is InChI=1S/C19H18ClFN2O4/c1-26-17-7-6-14(8-15(17)20)22-19(25)16-10-27-11-18(24)23(16)9-12-2-4-13(21)5-3-12/h2-8,16H,9-11H2,1H3,(H,22,25)/t16-/m0/s1. The molecule has 8 heteroatoms. The smallest absolute Gasteiger partial charge is 0.249 e. The zero-order chi connectivity index (χ0) is 19.4. The van der Waals surface area contributed by atoms with Crippen LogP contribution in [0.2, 0.25) is 5.02 Å². The number of anilines is 1. The van der Waals surface area contributed by atoms with Gasteiger partial charge in [0.05, 0.1) is 18.7 Å². The van der Waals surface area contributed by atoms with E-state index in [4.69, 9.17) is 21.1 Å². The van der Waals surface area contributed by atoms with Crippen LogP contribution in [-0.4, -0.2) is 43.1 Å². The molecule has 0 unspecified atom stereocenters. The van der Waals surface area contributed by atoms with E-state index >= 15 is 0 Å². The third-order valence-electron chi connectivity index (χ3n) is 4.19. The lowest BCUT2D eigenvalue weighted by atomic mass is 10.1. The molecule has 2 aromatic carbocycles. The zero-order valence-corrected chi connectivity index (χ0v) is 15.3. The number of carbonyl (C=O) groups excluding carboxylic acids is 2. The van der Waals surface area contributed by atoms with Crippen LogP contribution in [0.5, 0.6) is 5.75 Å². The Labute approximate surface area is 160 Å². The Balaban J connectivity index is 1.75. The average molecular weight is 393 g/mol. The molecule has 1 heterocycles. The van der Waals surface area contributed by atoms with E-state index in [9.17, 15) is 14.0 Å². The van der Waals surface area contributed by atoms with Crippen molar-refractivity contribution in [2.45, 2.75) is 12.6 Å². The van der Waals surface area contributed by atoms with Gasteiger partial charge in [-0.2, -0.15) is 0 Å². The van der Waals surface area contributed by atoms with Crippen LogP contribution in [0.3, 0.4) is 0 Å². The van der Waals surface area contributed by atoms with Crippen LogP contribution < -0.4 is 10.1 Å². The number of hydrogen-bond donors (Lipinski definition) is 1. The molecule has 0 bridgehead atoms. The summed E-state index contributed by atoms with van der Waals surface area (Å²) in [6.45, 7) is 0.159. The second kappa shape index (κ2) is 8.37. The van der Waals surface area contributed by atoms with Gasteiger partial charge in [0, 0.05) is 12.2 Å². The monoisotopic (exact) mass is 392 g/mol. The van der Waals surface area contributed by atoms with E-state index in [1.54, 1.807) is 30.3 Å². The number of morpholine rings is 1. The predicted molar refractivity (Wildman–Crippen MR) is 98.2 cm³/mol. The van der Waals surface area contributed by atoms with Gasteiger partial charge in [0.25, 0.3) is 0 Å². The molecule has 0 spiro atoms. The van der Waals surface area contributed by atoms with E-state index in [0.717, 1.165) is 5.56 Å². The van der Waals surface area contributed by atoms with Gasteiger partial charge in [-0.15, -0.1) is 0 Å². The van der Waals surface area contributed by atoms with Gasteiger partial charge in [0.15, 0.2) is 0 Å². The van der Waals surface area contributed by atoms with Crippen LogP contribution in [0.25, 0.3) is 0 Å². The van der Waals surface area contributed by atoms with Gasteiger partial charge in [0.2, 0.25) is 11.8 Å². The van der Waals surface area contributed by atoms with Crippen molar-refractivity contribution in [2.75, 3.05) is 25.6 Å². The van der Waals surface area contributed by atoms with Gasteiger partial charge < -0.3 is 19.7 Å². The molecule has 1 N–H and O–H groups in total. The summed E-state index contributed by atoms with van der Waals surface area (Å²) in [4.78, 5) is 26.4. The molecule has 1 fully saturated rings. The quantitative estimate of drug-likeness (QED) is 0.849. The van der Waals surface area contributed by atoms with E-state index in [2.05, 4.69) is 5.32 Å². The highest BCUT2D eigenvalue weighted by Gasteiger charge is 2.34. The molecule has 1 atom stereocenters. The highest BCUT2D eigenvalue weighted by atomic mass is 35.5. The van der Waals surface area contributed by atoms with Crippen molar-refractivity contribution in [1.29, 1.82) is 0 Å². The summed E-state index contributed by atoms with van der Waals surface area (Å²) >= 11 is 6.07. The van der Waals surface area contributed by atoms with Gasteiger partial charge in [-0.25, -0.2) is 4.39 Å². The van der Waals surface area contributed by atoms with E-state index in [1.807, 2.05) is 0 Å². The lowest BCUT2D eigenvalue weighted by Crippen LogP contribution is -2.54. The number of carbonyl (C=O) groups is 2. The van der Waals surface area contributed by atoms with Crippen LogP contribution in [0, 0.1) is 5.82 Å². The second-order valence-corrected chi connectivity index (χ2v) is 6.42. The highest BCUT2D eigenvalue weighted by Crippen LogP contribution is 2.27. The molecule has 1 aliphatic heterocycles. The number of hydrogen-bond acceptors (Lipinski definition) is 4. The normalized spacial score (nSPS) is 16.9. The fourth-order valence-corrected chi connectivity index (χ4v) is 3.03. The predicted octanol–water partition coefficient (Wildman–Crippen LogP) is 2.85. The fraction of sp³-hybridized carbons (Fsp3) is 0.263. The third kappa shape index (κ3) is 4.56. The first kappa shape index (κ1) is 19.1. The lowest BCUT2D eigenvalue weighted by molar-refractivity contribution is -0.154. The number of halogens is 2. The topological polar surface area (TPSA) is 67.9 Å². The molecule has 1 saturated heterocycles. The number of benzene rings is 2. The molecule has 27 heavy (non-hydrogen) atoms. The largest absolute Gasteiger partial charge is 0.495 e. The Morgan fingerprint density at radius 2 is 2.07 bits per heavy atom. The van der Waals surface area contributed by atoms with Crippen LogP contribution in [0.4, 0.5) is 10.1 Å². The van der Waals surface area contributed by atoms with E-state index in [-0.39, 0.29) is 31.5 Å². The molecule has 0 radical (unpaired) electrons. The van der Waals surface area contributed by atoms with Crippen LogP contribution in [0.15, 0.2) is 42.5 Å². The van der Waals surface area contributed by atoms with Crippen molar-refractivity contribution in [3.05, 3.63) is 58.9 Å². The van der Waals surface area contributed by atoms with Crippen LogP contribution in [0.1, 0.15) is 5.56 Å². The van der Waals surface area contributed by atoms with Crippen molar-refractivity contribution in [3.8, 4) is 5.75 Å². The SMILES string of the molecule is COc1ccc(NC(=O)[C@@H]2COCC(=O)N2Cc2ccc(F)cc2)cc1Cl. The summed E-state index contributed by atoms with van der Waals surface area (Å²) in [6, 6.07) is 9.83. The van der Waals surface area contributed by atoms with E-state index in [0.29, 0.717) is 16.5 Å². The summed E-state index contributed by atoms with van der Waals surface area (Å²) < 4.78 is 23.4. The molecular weight excluding hydrogens is 375 g/mol. The van der Waals surface area contributed by atoms with Gasteiger partial charge in [-0.05, 0) is 35.9 Å². The highest BCUT2D eigenvalue weighted by molar-refractivity contribution is 6.32. The summed E-state index contributed by atoms with van der Waals surface area (Å²) in [6.07, 6.45) is 0. The van der Waals surface area contributed by atoms with Gasteiger partial charge in [-0.1, -0.05) is 23.7 Å². The van der Waals surface area contributed by atoms with Gasteiger partial charge >= 0.3 is 0 Å². The number of ether oxygens (including phenoxy) is 2. The first-order valence-corrected chi connectivity index (χ1v) is 8.62. The molecular formula is C19H18ClFN2O4. The Morgan fingerprint density at radius 3 is 2.74 bits per heavy atom. The maximum atomic E-state index is 13.1. The Hall–Kier alpha value is -2.64. The molecule has 0 saturated carbocycles. The Morgan fingerprint density at radius 1 is 1.33 bits per heavy atom. The minimum atomic E-state index is -0.808. The number of nitrogens with one attached hydrogen (secondary N) is 1. The Kier molecular flexibility index (Phi) is 5.93. The van der Waals surface area contributed by atoms with Crippen molar-refractivity contribution >= 4 is 29.1 Å². The summed E-state index contributed by atoms with van der Waals surface area (Å²) in [5, 5.41) is 3.09.